The van der Waals surface area contributed by atoms with Gasteiger partial charge in [-0.1, -0.05) is 24.3 Å². The van der Waals surface area contributed by atoms with Crippen molar-refractivity contribution in [3.63, 3.8) is 0 Å². The number of amides is 1. The molecule has 36 heavy (non-hydrogen) atoms. The summed E-state index contributed by atoms with van der Waals surface area (Å²) in [5.74, 6) is -1.86. The maximum absolute atomic E-state index is 14.3. The zero-order valence-electron chi connectivity index (χ0n) is 19.2. The molecule has 192 valence electrons. The van der Waals surface area contributed by atoms with E-state index in [4.69, 9.17) is 9.15 Å². The van der Waals surface area contributed by atoms with Crippen LogP contribution in [0.4, 0.5) is 22.0 Å². The minimum absolute atomic E-state index is 0.0103. The van der Waals surface area contributed by atoms with Crippen LogP contribution in [-0.4, -0.2) is 35.0 Å². The number of aromatic nitrogens is 1. The van der Waals surface area contributed by atoms with Crippen molar-refractivity contribution in [2.75, 3.05) is 13.2 Å². The summed E-state index contributed by atoms with van der Waals surface area (Å²) in [6.07, 6.45) is -1.59. The van der Waals surface area contributed by atoms with Crippen molar-refractivity contribution < 1.29 is 35.9 Å². The monoisotopic (exact) mass is 509 g/mol. The third-order valence-corrected chi connectivity index (χ3v) is 5.73. The zero-order chi connectivity index (χ0) is 25.7. The van der Waals surface area contributed by atoms with E-state index in [0.717, 1.165) is 37.1 Å². The predicted molar refractivity (Wildman–Crippen MR) is 119 cm³/mol. The van der Waals surface area contributed by atoms with Crippen LogP contribution in [0.15, 0.2) is 53.1 Å². The Labute approximate surface area is 204 Å². The van der Waals surface area contributed by atoms with Crippen LogP contribution in [0.2, 0.25) is 0 Å². The zero-order valence-corrected chi connectivity index (χ0v) is 19.2. The van der Waals surface area contributed by atoms with Gasteiger partial charge >= 0.3 is 6.18 Å². The average Bonchev–Trinajstić information content (AvgIpc) is 3.51. The summed E-state index contributed by atoms with van der Waals surface area (Å²) in [4.78, 5) is 18.2. The number of alkyl halides is 3. The van der Waals surface area contributed by atoms with Crippen LogP contribution in [0.5, 0.6) is 0 Å². The van der Waals surface area contributed by atoms with Crippen LogP contribution in [0.1, 0.15) is 45.9 Å². The molecule has 4 rings (SSSR count). The molecular weight excluding hydrogens is 485 g/mol. The minimum atomic E-state index is -4.52. The minimum Gasteiger partial charge on any atom is -0.447 e. The molecule has 1 amide bonds. The number of nitrogens with zero attached hydrogens (tertiary/aromatic N) is 2. The highest BCUT2D eigenvalue weighted by atomic mass is 19.4. The van der Waals surface area contributed by atoms with Gasteiger partial charge in [0.05, 0.1) is 18.2 Å². The van der Waals surface area contributed by atoms with Crippen molar-refractivity contribution in [2.24, 2.45) is 0 Å². The van der Waals surface area contributed by atoms with Crippen molar-refractivity contribution in [3.8, 4) is 0 Å². The van der Waals surface area contributed by atoms with E-state index in [0.29, 0.717) is 18.7 Å². The van der Waals surface area contributed by atoms with Crippen molar-refractivity contribution in [3.05, 3.63) is 88.6 Å². The van der Waals surface area contributed by atoms with E-state index in [1.165, 1.54) is 24.5 Å². The lowest BCUT2D eigenvalue weighted by Crippen LogP contribution is -2.32. The molecule has 2 aromatic carbocycles. The molecule has 6 nitrogen and oxygen atoms in total. The largest absolute Gasteiger partial charge is 0.447 e. The summed E-state index contributed by atoms with van der Waals surface area (Å²) in [7, 11) is 0. The molecule has 1 atom stereocenters. The highest BCUT2D eigenvalue weighted by Gasteiger charge is 2.30. The summed E-state index contributed by atoms with van der Waals surface area (Å²) in [6, 6.07) is 7.88. The molecule has 1 N–H and O–H groups in total. The number of carbonyl (C=O) groups is 1. The summed E-state index contributed by atoms with van der Waals surface area (Å²) < 4.78 is 78.0. The Morgan fingerprint density at radius 2 is 1.94 bits per heavy atom. The van der Waals surface area contributed by atoms with E-state index in [2.05, 4.69) is 10.3 Å². The number of halogens is 5. The summed E-state index contributed by atoms with van der Waals surface area (Å²) in [5.41, 5.74) is -0.304. The highest BCUT2D eigenvalue weighted by molar-refractivity contribution is 5.91. The summed E-state index contributed by atoms with van der Waals surface area (Å²) >= 11 is 0. The van der Waals surface area contributed by atoms with Crippen molar-refractivity contribution in [1.29, 1.82) is 0 Å². The molecule has 0 bridgehead atoms. The van der Waals surface area contributed by atoms with Crippen molar-refractivity contribution in [1.82, 2.24) is 15.2 Å². The van der Waals surface area contributed by atoms with Gasteiger partial charge in [0.15, 0.2) is 5.69 Å². The molecule has 1 aliphatic rings. The number of nitrogens with one attached hydrogen (secondary N) is 1. The van der Waals surface area contributed by atoms with Crippen LogP contribution in [-0.2, 0) is 30.5 Å². The SMILES string of the molecule is O=C(NC[C@@H]1CCCO1)c1coc(CN(Cc2cccc(C(F)(F)F)c2)Cc2ccc(F)cc2F)n1. The fourth-order valence-corrected chi connectivity index (χ4v) is 3.94. The molecule has 0 spiro atoms. The second-order valence-corrected chi connectivity index (χ2v) is 8.55. The molecular formula is C25H24F5N3O3. The molecule has 0 unspecified atom stereocenters. The number of hydrogen-bond acceptors (Lipinski definition) is 5. The van der Waals surface area contributed by atoms with E-state index in [-0.39, 0.29) is 42.9 Å². The first kappa shape index (κ1) is 25.8. The van der Waals surface area contributed by atoms with Gasteiger partial charge in [0.25, 0.3) is 5.91 Å². The standard InChI is InChI=1S/C25H24F5N3O3/c26-19-7-6-17(21(27)10-19)13-33(12-16-3-1-4-18(9-16)25(28,29)30)14-23-32-22(15-36-23)24(34)31-11-20-5-2-8-35-20/h1,3-4,6-7,9-10,15,20H,2,5,8,11-14H2,(H,31,34)/t20-/m0/s1. The Morgan fingerprint density at radius 1 is 1.11 bits per heavy atom. The van der Waals surface area contributed by atoms with Crippen molar-refractivity contribution >= 4 is 5.91 Å². The molecule has 1 fully saturated rings. The molecule has 0 aliphatic carbocycles. The number of rotatable bonds is 9. The number of oxazole rings is 1. The molecule has 3 aromatic rings. The van der Waals surface area contributed by atoms with E-state index in [9.17, 15) is 26.7 Å². The van der Waals surface area contributed by atoms with Gasteiger partial charge in [-0.3, -0.25) is 9.69 Å². The first-order chi connectivity index (χ1) is 17.2. The molecule has 1 saturated heterocycles. The van der Waals surface area contributed by atoms with E-state index >= 15 is 0 Å². The lowest BCUT2D eigenvalue weighted by molar-refractivity contribution is -0.137. The van der Waals surface area contributed by atoms with Crippen LogP contribution in [0.3, 0.4) is 0 Å². The average molecular weight is 509 g/mol. The fourth-order valence-electron chi connectivity index (χ4n) is 3.94. The predicted octanol–water partition coefficient (Wildman–Crippen LogP) is 5.08. The smallest absolute Gasteiger partial charge is 0.416 e. The Morgan fingerprint density at radius 3 is 2.67 bits per heavy atom. The number of benzene rings is 2. The van der Waals surface area contributed by atoms with Gasteiger partial charge in [0.2, 0.25) is 5.89 Å². The lowest BCUT2D eigenvalue weighted by atomic mass is 10.1. The van der Waals surface area contributed by atoms with Gasteiger partial charge in [0.1, 0.15) is 17.9 Å². The van der Waals surface area contributed by atoms with E-state index < -0.39 is 29.3 Å². The van der Waals surface area contributed by atoms with Gasteiger partial charge in [-0.2, -0.15) is 13.2 Å². The van der Waals surface area contributed by atoms with Gasteiger partial charge in [0, 0.05) is 37.9 Å². The van der Waals surface area contributed by atoms with Crippen LogP contribution in [0, 0.1) is 11.6 Å². The normalized spacial score (nSPS) is 16.0. The number of ether oxygens (including phenoxy) is 1. The lowest BCUT2D eigenvalue weighted by Gasteiger charge is -2.22. The quantitative estimate of drug-likeness (QED) is 0.408. The maximum atomic E-state index is 14.3. The topological polar surface area (TPSA) is 67.6 Å². The highest BCUT2D eigenvalue weighted by Crippen LogP contribution is 2.30. The van der Waals surface area contributed by atoms with Crippen LogP contribution >= 0.6 is 0 Å². The Kier molecular flexibility index (Phi) is 8.00. The summed E-state index contributed by atoms with van der Waals surface area (Å²) in [6.45, 7) is 0.887. The second kappa shape index (κ2) is 11.2. The number of hydrogen-bond donors (Lipinski definition) is 1. The third kappa shape index (κ3) is 6.88. The Hall–Kier alpha value is -3.31. The van der Waals surface area contributed by atoms with Gasteiger partial charge in [-0.05, 0) is 30.5 Å². The molecule has 1 aliphatic heterocycles. The molecule has 1 aromatic heterocycles. The summed E-state index contributed by atoms with van der Waals surface area (Å²) in [5, 5.41) is 2.73. The van der Waals surface area contributed by atoms with E-state index in [1.807, 2.05) is 0 Å². The van der Waals surface area contributed by atoms with Crippen LogP contribution in [0.25, 0.3) is 0 Å². The Balaban J connectivity index is 1.49. The van der Waals surface area contributed by atoms with E-state index in [1.54, 1.807) is 4.90 Å². The maximum Gasteiger partial charge on any atom is 0.416 e. The molecule has 0 saturated carbocycles. The first-order valence-electron chi connectivity index (χ1n) is 11.3. The number of carbonyl (C=O) groups excluding carboxylic acids is 1. The molecule has 0 radical (unpaired) electrons. The fraction of sp³-hybridized carbons (Fsp3) is 0.360. The molecule has 2 heterocycles. The Bertz CT molecular complexity index is 1190. The van der Waals surface area contributed by atoms with Gasteiger partial charge < -0.3 is 14.5 Å². The third-order valence-electron chi connectivity index (χ3n) is 5.73. The van der Waals surface area contributed by atoms with Crippen LogP contribution < -0.4 is 5.32 Å². The van der Waals surface area contributed by atoms with Crippen molar-refractivity contribution in [2.45, 2.75) is 44.8 Å². The molecule has 11 heteroatoms. The first-order valence-corrected chi connectivity index (χ1v) is 11.3. The van der Waals surface area contributed by atoms with Gasteiger partial charge in [-0.25, -0.2) is 13.8 Å². The second-order valence-electron chi connectivity index (χ2n) is 8.55. The van der Waals surface area contributed by atoms with Gasteiger partial charge in [-0.15, -0.1) is 0 Å².